The van der Waals surface area contributed by atoms with Gasteiger partial charge in [0.1, 0.15) is 0 Å². The second-order valence-electron chi connectivity index (χ2n) is 0.310. The molecular weight excluding hydrogens is 68.8 g/mol. The molecule has 0 aliphatic carbocycles. The maximum absolute atomic E-state index is 8.98. The van der Waals surface area contributed by atoms with Crippen molar-refractivity contribution in [3.05, 3.63) is 10.4 Å². The van der Waals surface area contributed by atoms with E-state index in [1.54, 1.807) is 0 Å². The predicted molar refractivity (Wildman–Crippen MR) is 15.6 cm³/mol. The van der Waals surface area contributed by atoms with Crippen molar-refractivity contribution in [2.75, 3.05) is 0 Å². The van der Waals surface area contributed by atoms with Gasteiger partial charge in [-0.05, 0) is 0 Å². The third-order valence-corrected chi connectivity index (χ3v) is 0.0988. The van der Waals surface area contributed by atoms with Gasteiger partial charge in [-0.3, -0.25) is 0 Å². The molecule has 0 aromatic carbocycles. The molecule has 4 nitrogen and oxygen atoms in total. The zero-order chi connectivity index (χ0) is 4.12. The summed E-state index contributed by atoms with van der Waals surface area (Å²) in [4.78, 5) is 2.11. The van der Waals surface area contributed by atoms with Crippen LogP contribution in [0.15, 0.2) is 5.03 Å². The molecule has 5 heteroatoms. The Hall–Kier alpha value is -0.825. The molecule has 0 amide bonds. The van der Waals surface area contributed by atoms with Crippen LogP contribution < -0.4 is 0 Å². The van der Waals surface area contributed by atoms with Crippen LogP contribution in [-0.4, -0.2) is 7.28 Å². The minimum atomic E-state index is 0.139. The summed E-state index contributed by atoms with van der Waals surface area (Å²) in [7, 11) is 0.139. The molecule has 0 N–H and O–H groups in total. The minimum absolute atomic E-state index is 0.139. The van der Waals surface area contributed by atoms with E-state index in [2.05, 4.69) is 9.94 Å². The van der Waals surface area contributed by atoms with Gasteiger partial charge in [-0.1, -0.05) is 0 Å². The average molecular weight is 68.8 g/mol. The molecule has 0 spiro atoms. The van der Waals surface area contributed by atoms with Crippen LogP contribution in [0.25, 0.3) is 10.4 Å². The summed E-state index contributed by atoms with van der Waals surface area (Å²) in [5, 5.41) is 2.47. The number of rotatable bonds is 1. The van der Waals surface area contributed by atoms with E-state index in [-0.39, 0.29) is 7.28 Å². The van der Waals surface area contributed by atoms with Gasteiger partial charge in [0.15, 0.2) is 0 Å². The first-order valence-corrected chi connectivity index (χ1v) is 0.894. The van der Waals surface area contributed by atoms with E-state index in [4.69, 9.17) is 10.2 Å². The molecule has 0 bridgehead atoms. The Kier molecular flexibility index (Phi) is 2.65. The quantitative estimate of drug-likeness (QED) is 0.188. The molecule has 0 aromatic rings. The molecule has 0 atom stereocenters. The molecule has 0 aliphatic rings. The van der Waals surface area contributed by atoms with E-state index in [0.717, 1.165) is 0 Å². The van der Waals surface area contributed by atoms with Crippen molar-refractivity contribution in [2.24, 2.45) is 5.03 Å². The molecule has 0 rings (SSSR count). The van der Waals surface area contributed by atoms with Gasteiger partial charge in [0, 0.05) is 0 Å². The summed E-state index contributed by atoms with van der Waals surface area (Å²) in [6.07, 6.45) is 0. The molecular formula is BN3O. The number of hydrogen-bond donors (Lipinski definition) is 0. The summed E-state index contributed by atoms with van der Waals surface area (Å²) in [5.41, 5.74) is 7.29. The van der Waals surface area contributed by atoms with E-state index in [1.807, 2.05) is 0 Å². The van der Waals surface area contributed by atoms with Crippen molar-refractivity contribution in [3.8, 4) is 0 Å². The Morgan fingerprint density at radius 3 is 2.60 bits per heavy atom. The fourth-order valence-corrected chi connectivity index (χ4v) is 0.0211. The third kappa shape index (κ3) is 3.17. The van der Waals surface area contributed by atoms with Crippen LogP contribution >= 0.6 is 0 Å². The Labute approximate surface area is 28.7 Å². The van der Waals surface area contributed by atoms with Crippen LogP contribution in [-0.2, 0) is 4.70 Å². The van der Waals surface area contributed by atoms with E-state index >= 15 is 0 Å². The van der Waals surface area contributed by atoms with Crippen molar-refractivity contribution in [3.63, 3.8) is 0 Å². The normalized spacial score (nSPS) is 4.00. The van der Waals surface area contributed by atoms with E-state index in [0.29, 0.717) is 0 Å². The number of hydrogen-bond acceptors (Lipinski definition) is 1. The van der Waals surface area contributed by atoms with Gasteiger partial charge in [0.05, 0.1) is 0 Å². The van der Waals surface area contributed by atoms with Crippen molar-refractivity contribution in [2.45, 2.75) is 0 Å². The van der Waals surface area contributed by atoms with Crippen LogP contribution in [0.2, 0.25) is 0 Å². The van der Waals surface area contributed by atoms with Crippen molar-refractivity contribution >= 4 is 7.28 Å². The zero-order valence-corrected chi connectivity index (χ0v) is 2.33. The SMILES string of the molecule is [N-]=[N+]=NB=O. The first-order chi connectivity index (χ1) is 2.41. The van der Waals surface area contributed by atoms with Crippen molar-refractivity contribution in [1.82, 2.24) is 0 Å². The second kappa shape index (κ2) is 3.17. The standard InChI is InChI=1S/BN3O/c2-4-3-1-5. The zero-order valence-electron chi connectivity index (χ0n) is 2.33. The average Bonchev–Trinajstić information content (AvgIpc) is 1.41. The molecule has 0 aromatic heterocycles. The monoisotopic (exact) mass is 69.0 g/mol. The van der Waals surface area contributed by atoms with E-state index in [1.165, 1.54) is 0 Å². The van der Waals surface area contributed by atoms with Crippen molar-refractivity contribution in [1.29, 1.82) is 0 Å². The molecule has 0 radical (unpaired) electrons. The van der Waals surface area contributed by atoms with Gasteiger partial charge in [0.2, 0.25) is 0 Å². The Balaban J connectivity index is 3.31. The Morgan fingerprint density at radius 1 is 2.00 bits per heavy atom. The fourth-order valence-electron chi connectivity index (χ4n) is 0.0211. The van der Waals surface area contributed by atoms with Crippen LogP contribution in [0.1, 0.15) is 0 Å². The van der Waals surface area contributed by atoms with Gasteiger partial charge >= 0.3 is 27.5 Å². The molecule has 0 saturated heterocycles. The van der Waals surface area contributed by atoms with Crippen LogP contribution in [0, 0.1) is 0 Å². The topological polar surface area (TPSA) is 65.8 Å². The van der Waals surface area contributed by atoms with Crippen LogP contribution in [0.4, 0.5) is 0 Å². The maximum atomic E-state index is 8.98. The van der Waals surface area contributed by atoms with Gasteiger partial charge < -0.3 is 0 Å². The van der Waals surface area contributed by atoms with E-state index < -0.39 is 0 Å². The van der Waals surface area contributed by atoms with Gasteiger partial charge in [-0.15, -0.1) is 0 Å². The number of azide groups is 1. The molecule has 0 heterocycles. The predicted octanol–water partition coefficient (Wildman–Crippen LogP) is 0.261. The summed E-state index contributed by atoms with van der Waals surface area (Å²) in [5.74, 6) is 0. The summed E-state index contributed by atoms with van der Waals surface area (Å²) < 4.78 is 8.98. The second-order valence-corrected chi connectivity index (χ2v) is 0.310. The number of nitrogens with zero attached hydrogens (tertiary/aromatic N) is 3. The molecule has 0 saturated carbocycles. The summed E-state index contributed by atoms with van der Waals surface area (Å²) >= 11 is 0. The molecule has 0 fully saturated rings. The molecule has 5 heavy (non-hydrogen) atoms. The van der Waals surface area contributed by atoms with Crippen LogP contribution in [0.3, 0.4) is 0 Å². The van der Waals surface area contributed by atoms with E-state index in [9.17, 15) is 0 Å². The summed E-state index contributed by atoms with van der Waals surface area (Å²) in [6, 6.07) is 0. The van der Waals surface area contributed by atoms with Gasteiger partial charge in [-0.2, -0.15) is 0 Å². The first-order valence-electron chi connectivity index (χ1n) is 0.894. The summed E-state index contributed by atoms with van der Waals surface area (Å²) in [6.45, 7) is 0. The fraction of sp³-hybridized carbons (Fsp3) is 0. The van der Waals surface area contributed by atoms with Crippen molar-refractivity contribution < 1.29 is 4.70 Å². The Bertz CT molecular complexity index is 71.0. The van der Waals surface area contributed by atoms with Gasteiger partial charge in [0.25, 0.3) is 0 Å². The third-order valence-electron chi connectivity index (χ3n) is 0.0988. The first kappa shape index (κ1) is 4.17. The van der Waals surface area contributed by atoms with Crippen LogP contribution in [0.5, 0.6) is 0 Å². The molecule has 0 unspecified atom stereocenters. The van der Waals surface area contributed by atoms with Gasteiger partial charge in [-0.25, -0.2) is 0 Å². The molecule has 0 aliphatic heterocycles. The molecule has 24 valence electrons. The Morgan fingerprint density at radius 2 is 2.60 bits per heavy atom.